The second kappa shape index (κ2) is 14.4. The zero-order valence-electron chi connectivity index (χ0n) is 22.8. The van der Waals surface area contributed by atoms with E-state index in [9.17, 15) is 9.18 Å². The van der Waals surface area contributed by atoms with Crippen molar-refractivity contribution in [3.05, 3.63) is 58.9 Å². The summed E-state index contributed by atoms with van der Waals surface area (Å²) in [6.07, 6.45) is 5.00. The van der Waals surface area contributed by atoms with Crippen LogP contribution in [0.1, 0.15) is 49.3 Å². The van der Waals surface area contributed by atoms with Gasteiger partial charge in [-0.2, -0.15) is 0 Å². The van der Waals surface area contributed by atoms with Crippen molar-refractivity contribution < 1.29 is 23.4 Å². The number of carbonyl (C=O) groups excluding carboxylic acids is 1. The molecule has 0 unspecified atom stereocenters. The molecule has 0 aliphatic heterocycles. The molecular formula is C29H41ClFNO4S. The highest BCUT2D eigenvalue weighted by atomic mass is 35.5. The normalized spacial score (nSPS) is 18.9. The number of esters is 1. The van der Waals surface area contributed by atoms with Crippen molar-refractivity contribution in [2.75, 3.05) is 47.2 Å². The molecule has 0 saturated heterocycles. The number of aryl methyl sites for hydroxylation is 1. The van der Waals surface area contributed by atoms with Gasteiger partial charge < -0.3 is 19.1 Å². The Labute approximate surface area is 231 Å². The third kappa shape index (κ3) is 7.85. The molecule has 206 valence electrons. The summed E-state index contributed by atoms with van der Waals surface area (Å²) < 4.78 is 30.8. The molecule has 0 spiro atoms. The molecule has 5 nitrogen and oxygen atoms in total. The molecule has 1 aliphatic rings. The van der Waals surface area contributed by atoms with Crippen molar-refractivity contribution in [1.29, 1.82) is 0 Å². The summed E-state index contributed by atoms with van der Waals surface area (Å²) in [6.45, 7) is 5.87. The molecule has 2 aromatic rings. The molecule has 37 heavy (non-hydrogen) atoms. The van der Waals surface area contributed by atoms with Crippen LogP contribution in [0.3, 0.4) is 0 Å². The van der Waals surface area contributed by atoms with Gasteiger partial charge >= 0.3 is 5.97 Å². The molecule has 0 heterocycles. The SMILES string of the molecule is COCC(=O)O[C@@]1(CCN(C)CCc2ccc(SC)c(OC)c2)CCc2cc(F)ccc2[C@H]1C(C)C.Cl. The summed E-state index contributed by atoms with van der Waals surface area (Å²) in [5.41, 5.74) is 2.67. The zero-order chi connectivity index (χ0) is 26.3. The van der Waals surface area contributed by atoms with Gasteiger partial charge in [-0.05, 0) is 79.4 Å². The van der Waals surface area contributed by atoms with Gasteiger partial charge in [0, 0.05) is 37.4 Å². The van der Waals surface area contributed by atoms with Crippen molar-refractivity contribution in [3.8, 4) is 5.75 Å². The predicted molar refractivity (Wildman–Crippen MR) is 151 cm³/mol. The zero-order valence-corrected chi connectivity index (χ0v) is 24.5. The van der Waals surface area contributed by atoms with E-state index in [2.05, 4.69) is 44.0 Å². The third-order valence-corrected chi connectivity index (χ3v) is 7.99. The fourth-order valence-corrected chi connectivity index (χ4v) is 6.06. The van der Waals surface area contributed by atoms with Gasteiger partial charge in [0.1, 0.15) is 23.8 Å². The average Bonchev–Trinajstić information content (AvgIpc) is 2.85. The Kier molecular flexibility index (Phi) is 12.2. The number of halogens is 2. The van der Waals surface area contributed by atoms with Crippen molar-refractivity contribution in [3.63, 3.8) is 0 Å². The maximum absolute atomic E-state index is 14.0. The van der Waals surface area contributed by atoms with Gasteiger partial charge in [0.05, 0.1) is 7.11 Å². The Morgan fingerprint density at radius 2 is 1.95 bits per heavy atom. The number of carbonyl (C=O) groups is 1. The summed E-state index contributed by atoms with van der Waals surface area (Å²) >= 11 is 1.68. The Morgan fingerprint density at radius 1 is 1.19 bits per heavy atom. The lowest BCUT2D eigenvalue weighted by molar-refractivity contribution is -0.172. The van der Waals surface area contributed by atoms with E-state index >= 15 is 0 Å². The van der Waals surface area contributed by atoms with Gasteiger partial charge in [-0.15, -0.1) is 24.2 Å². The number of benzene rings is 2. The van der Waals surface area contributed by atoms with Crippen LogP contribution in [0.25, 0.3) is 0 Å². The van der Waals surface area contributed by atoms with Crippen LogP contribution < -0.4 is 4.74 Å². The molecule has 0 fully saturated rings. The standard InChI is InChI=1S/C29H40FNO4S.ClH/c1-20(2)28-24-9-8-23(30)18-22(24)11-13-29(28,35-27(32)19-33-4)14-16-31(3)15-12-21-7-10-26(36-6)25(17-21)34-5;/h7-10,17-18,20,28H,11-16,19H2,1-6H3;1H/t28-,29-;/m1./s1. The first kappa shape index (κ1) is 31.4. The van der Waals surface area contributed by atoms with E-state index in [0.717, 1.165) is 41.3 Å². The highest BCUT2D eigenvalue weighted by molar-refractivity contribution is 7.98. The molecule has 1 aliphatic carbocycles. The fourth-order valence-electron chi connectivity index (χ4n) is 5.51. The van der Waals surface area contributed by atoms with E-state index in [4.69, 9.17) is 14.2 Å². The lowest BCUT2D eigenvalue weighted by Gasteiger charge is -2.47. The second-order valence-electron chi connectivity index (χ2n) is 10.0. The van der Waals surface area contributed by atoms with Gasteiger partial charge in [-0.3, -0.25) is 0 Å². The quantitative estimate of drug-likeness (QED) is 0.232. The van der Waals surface area contributed by atoms with Crippen LogP contribution in [-0.4, -0.2) is 63.7 Å². The van der Waals surface area contributed by atoms with Crippen LogP contribution in [0, 0.1) is 11.7 Å². The number of hydrogen-bond donors (Lipinski definition) is 0. The molecule has 2 aromatic carbocycles. The summed E-state index contributed by atoms with van der Waals surface area (Å²) in [5, 5.41) is 0. The second-order valence-corrected chi connectivity index (χ2v) is 10.9. The van der Waals surface area contributed by atoms with Crippen LogP contribution in [-0.2, 0) is 27.1 Å². The number of ether oxygens (including phenoxy) is 3. The fraction of sp³-hybridized carbons (Fsp3) is 0.552. The smallest absolute Gasteiger partial charge is 0.332 e. The minimum atomic E-state index is -0.661. The van der Waals surface area contributed by atoms with Crippen LogP contribution in [0.15, 0.2) is 41.3 Å². The molecule has 8 heteroatoms. The van der Waals surface area contributed by atoms with Gasteiger partial charge in [0.15, 0.2) is 0 Å². The lowest BCUT2D eigenvalue weighted by Crippen LogP contribution is -2.49. The van der Waals surface area contributed by atoms with Crippen LogP contribution in [0.4, 0.5) is 4.39 Å². The monoisotopic (exact) mass is 553 g/mol. The molecule has 0 aromatic heterocycles. The van der Waals surface area contributed by atoms with E-state index in [0.29, 0.717) is 19.3 Å². The summed E-state index contributed by atoms with van der Waals surface area (Å²) in [4.78, 5) is 16.1. The molecule has 3 rings (SSSR count). The molecule has 0 N–H and O–H groups in total. The number of thioether (sulfide) groups is 1. The maximum atomic E-state index is 14.0. The third-order valence-electron chi connectivity index (χ3n) is 7.22. The minimum Gasteiger partial charge on any atom is -0.496 e. The Balaban J connectivity index is 0.00000481. The first-order valence-corrected chi connectivity index (χ1v) is 13.8. The molecule has 0 radical (unpaired) electrons. The predicted octanol–water partition coefficient (Wildman–Crippen LogP) is 6.16. The van der Waals surface area contributed by atoms with Gasteiger partial charge in [0.25, 0.3) is 0 Å². The molecule has 2 atom stereocenters. The first-order valence-electron chi connectivity index (χ1n) is 12.6. The highest BCUT2D eigenvalue weighted by Crippen LogP contribution is 2.48. The van der Waals surface area contributed by atoms with Crippen molar-refractivity contribution in [1.82, 2.24) is 4.90 Å². The van der Waals surface area contributed by atoms with Crippen molar-refractivity contribution >= 4 is 30.1 Å². The Bertz CT molecular complexity index is 1040. The van der Waals surface area contributed by atoms with E-state index in [-0.39, 0.29) is 42.6 Å². The summed E-state index contributed by atoms with van der Waals surface area (Å²) in [6, 6.07) is 11.4. The number of nitrogens with zero attached hydrogens (tertiary/aromatic N) is 1. The van der Waals surface area contributed by atoms with Crippen molar-refractivity contribution in [2.24, 2.45) is 5.92 Å². The topological polar surface area (TPSA) is 48.0 Å². The van der Waals surface area contributed by atoms with E-state index < -0.39 is 5.60 Å². The molecular weight excluding hydrogens is 513 g/mol. The molecule has 0 amide bonds. The Morgan fingerprint density at radius 3 is 2.59 bits per heavy atom. The van der Waals surface area contributed by atoms with E-state index in [1.165, 1.54) is 18.7 Å². The highest BCUT2D eigenvalue weighted by Gasteiger charge is 2.47. The summed E-state index contributed by atoms with van der Waals surface area (Å²) in [7, 11) is 5.31. The number of hydrogen-bond acceptors (Lipinski definition) is 6. The van der Waals surface area contributed by atoms with Crippen LogP contribution in [0.5, 0.6) is 5.75 Å². The van der Waals surface area contributed by atoms with Crippen molar-refractivity contribution in [2.45, 2.75) is 55.9 Å². The summed E-state index contributed by atoms with van der Waals surface area (Å²) in [5.74, 6) is 0.542. The largest absolute Gasteiger partial charge is 0.496 e. The van der Waals surface area contributed by atoms with Gasteiger partial charge in [-0.1, -0.05) is 26.0 Å². The maximum Gasteiger partial charge on any atom is 0.332 e. The van der Waals surface area contributed by atoms with Crippen LogP contribution in [0.2, 0.25) is 0 Å². The molecule has 0 bridgehead atoms. The number of methoxy groups -OCH3 is 2. The van der Waals surface area contributed by atoms with Gasteiger partial charge in [-0.25, -0.2) is 9.18 Å². The number of fused-ring (bicyclic) bond motifs is 1. The van der Waals surface area contributed by atoms with Crippen LogP contribution >= 0.6 is 24.2 Å². The van der Waals surface area contributed by atoms with E-state index in [1.54, 1.807) is 24.9 Å². The number of likely N-dealkylation sites (N-methyl/N-ethyl adjacent to an activating group) is 1. The average molecular weight is 554 g/mol. The molecule has 0 saturated carbocycles. The first-order chi connectivity index (χ1) is 17.2. The minimum absolute atomic E-state index is 0. The van der Waals surface area contributed by atoms with E-state index in [1.807, 2.05) is 12.3 Å². The number of rotatable bonds is 12. The Hall–Kier alpha value is -1.80. The van der Waals surface area contributed by atoms with Gasteiger partial charge in [0.2, 0.25) is 0 Å². The lowest BCUT2D eigenvalue weighted by atomic mass is 9.65.